The topological polar surface area (TPSA) is 46.9 Å². The lowest BCUT2D eigenvalue weighted by Gasteiger charge is -2.25. The van der Waals surface area contributed by atoms with Crippen LogP contribution in [0, 0.1) is 5.92 Å². The van der Waals surface area contributed by atoms with E-state index in [2.05, 4.69) is 10.4 Å². The van der Waals surface area contributed by atoms with Gasteiger partial charge in [0.25, 0.3) is 5.56 Å². The molecule has 1 heterocycles. The predicted octanol–water partition coefficient (Wildman–Crippen LogP) is 3.45. The number of aromatic nitrogens is 2. The van der Waals surface area contributed by atoms with Gasteiger partial charge in [-0.05, 0) is 25.7 Å². The van der Waals surface area contributed by atoms with Crippen LogP contribution in [0.3, 0.4) is 0 Å². The van der Waals surface area contributed by atoms with Gasteiger partial charge in [-0.3, -0.25) is 4.79 Å². The Morgan fingerprint density at radius 3 is 2.71 bits per heavy atom. The van der Waals surface area contributed by atoms with Crippen LogP contribution < -0.4 is 10.9 Å². The van der Waals surface area contributed by atoms with Crippen LogP contribution in [0.4, 0.5) is 18.9 Å². The minimum atomic E-state index is -4.29. The highest BCUT2D eigenvalue weighted by atomic mass is 35.5. The summed E-state index contributed by atoms with van der Waals surface area (Å²) >= 11 is 5.88. The summed E-state index contributed by atoms with van der Waals surface area (Å²) in [6.07, 6.45) is -0.802. The molecule has 1 saturated carbocycles. The first-order valence-corrected chi connectivity index (χ1v) is 7.23. The third-order valence-electron chi connectivity index (χ3n) is 3.58. The largest absolute Gasteiger partial charge is 0.391 e. The molecular weight excluding hydrogens is 307 g/mol. The van der Waals surface area contributed by atoms with Crippen molar-refractivity contribution in [1.29, 1.82) is 0 Å². The van der Waals surface area contributed by atoms with Crippen LogP contribution in [-0.2, 0) is 6.54 Å². The highest BCUT2D eigenvalue weighted by Gasteiger charge is 2.30. The van der Waals surface area contributed by atoms with Crippen molar-refractivity contribution in [3.63, 3.8) is 0 Å². The van der Waals surface area contributed by atoms with Crippen molar-refractivity contribution < 1.29 is 13.2 Å². The van der Waals surface area contributed by atoms with E-state index in [4.69, 9.17) is 11.6 Å². The fourth-order valence-corrected chi connectivity index (χ4v) is 2.47. The average molecular weight is 324 g/mol. The van der Waals surface area contributed by atoms with Gasteiger partial charge >= 0.3 is 6.18 Å². The normalized spacial score (nSPS) is 17.4. The van der Waals surface area contributed by atoms with Crippen molar-refractivity contribution in [2.75, 3.05) is 5.32 Å². The molecule has 2 rings (SSSR count). The van der Waals surface area contributed by atoms with Gasteiger partial charge in [0.15, 0.2) is 0 Å². The molecule has 0 aliphatic heterocycles. The molecule has 21 heavy (non-hydrogen) atoms. The Morgan fingerprint density at radius 1 is 1.52 bits per heavy atom. The molecule has 1 aromatic rings. The summed E-state index contributed by atoms with van der Waals surface area (Å²) in [5.74, 6) is 0.414. The Balaban J connectivity index is 2.14. The molecule has 1 atom stereocenters. The lowest BCUT2D eigenvalue weighted by atomic mass is 9.85. The molecule has 1 N–H and O–H groups in total. The number of nitrogens with zero attached hydrogens (tertiary/aromatic N) is 2. The molecule has 8 heteroatoms. The number of halogens is 4. The third-order valence-corrected chi connectivity index (χ3v) is 3.87. The molecule has 1 fully saturated rings. The van der Waals surface area contributed by atoms with E-state index in [-0.39, 0.29) is 10.7 Å². The first-order chi connectivity index (χ1) is 9.76. The van der Waals surface area contributed by atoms with Crippen molar-refractivity contribution >= 4 is 17.3 Å². The molecule has 1 aliphatic rings. The molecule has 0 spiro atoms. The first-order valence-electron chi connectivity index (χ1n) is 6.85. The van der Waals surface area contributed by atoms with Gasteiger partial charge in [0, 0.05) is 12.6 Å². The van der Waals surface area contributed by atoms with Crippen LogP contribution in [0.1, 0.15) is 32.6 Å². The molecule has 0 bridgehead atoms. The molecule has 4 nitrogen and oxygen atoms in total. The standard InChI is InChI=1S/C13H17ClF3N3O/c1-8(5-13(15,16)17)19-11-10(14)6-18-20(12(11)21)7-9-3-2-4-9/h6,8-9,19H,2-5,7H2,1H3. The van der Waals surface area contributed by atoms with Gasteiger partial charge in [0.05, 0.1) is 17.6 Å². The van der Waals surface area contributed by atoms with Crippen molar-refractivity contribution in [3.05, 3.63) is 21.6 Å². The lowest BCUT2D eigenvalue weighted by Crippen LogP contribution is -2.33. The molecule has 1 aliphatic carbocycles. The Bertz CT molecular complexity index is 555. The van der Waals surface area contributed by atoms with E-state index in [0.29, 0.717) is 12.5 Å². The van der Waals surface area contributed by atoms with E-state index >= 15 is 0 Å². The molecule has 118 valence electrons. The Labute approximate surface area is 125 Å². The monoisotopic (exact) mass is 323 g/mol. The van der Waals surface area contributed by atoms with Crippen LogP contribution in [0.5, 0.6) is 0 Å². The molecule has 1 aromatic heterocycles. The SMILES string of the molecule is CC(CC(F)(F)F)Nc1c(Cl)cnn(CC2CCC2)c1=O. The van der Waals surface area contributed by atoms with E-state index < -0.39 is 24.2 Å². The summed E-state index contributed by atoms with van der Waals surface area (Å²) in [4.78, 5) is 12.2. The Hall–Kier alpha value is -1.24. The summed E-state index contributed by atoms with van der Waals surface area (Å²) in [5, 5.41) is 6.55. The zero-order valence-electron chi connectivity index (χ0n) is 11.6. The Morgan fingerprint density at radius 2 is 2.19 bits per heavy atom. The van der Waals surface area contributed by atoms with E-state index in [9.17, 15) is 18.0 Å². The zero-order chi connectivity index (χ0) is 15.6. The van der Waals surface area contributed by atoms with E-state index in [0.717, 1.165) is 19.3 Å². The summed E-state index contributed by atoms with van der Waals surface area (Å²) in [5.41, 5.74) is -0.480. The van der Waals surface area contributed by atoms with E-state index in [1.807, 2.05) is 0 Å². The van der Waals surface area contributed by atoms with Crippen LogP contribution >= 0.6 is 11.6 Å². The second-order valence-corrected chi connectivity index (χ2v) is 5.92. The molecule has 0 amide bonds. The van der Waals surface area contributed by atoms with Gasteiger partial charge in [-0.2, -0.15) is 18.3 Å². The van der Waals surface area contributed by atoms with Gasteiger partial charge in [0.2, 0.25) is 0 Å². The van der Waals surface area contributed by atoms with Crippen LogP contribution in [-0.4, -0.2) is 22.0 Å². The molecule has 1 unspecified atom stereocenters. The second kappa shape index (κ2) is 6.25. The summed E-state index contributed by atoms with van der Waals surface area (Å²) in [6.45, 7) is 1.85. The van der Waals surface area contributed by atoms with E-state index in [1.165, 1.54) is 17.8 Å². The maximum Gasteiger partial charge on any atom is 0.391 e. The van der Waals surface area contributed by atoms with Crippen molar-refractivity contribution in [3.8, 4) is 0 Å². The maximum absolute atomic E-state index is 12.3. The second-order valence-electron chi connectivity index (χ2n) is 5.52. The molecular formula is C13H17ClF3N3O. The molecule has 0 radical (unpaired) electrons. The Kier molecular flexibility index (Phi) is 4.81. The summed E-state index contributed by atoms with van der Waals surface area (Å²) < 4.78 is 38.3. The average Bonchev–Trinajstić information content (AvgIpc) is 2.29. The van der Waals surface area contributed by atoms with Crippen LogP contribution in [0.15, 0.2) is 11.0 Å². The van der Waals surface area contributed by atoms with Gasteiger partial charge in [-0.15, -0.1) is 0 Å². The highest BCUT2D eigenvalue weighted by Crippen LogP contribution is 2.28. The maximum atomic E-state index is 12.3. The third kappa shape index (κ3) is 4.36. The van der Waals surface area contributed by atoms with Crippen molar-refractivity contribution in [2.45, 2.75) is 51.4 Å². The predicted molar refractivity (Wildman–Crippen MR) is 74.6 cm³/mol. The van der Waals surface area contributed by atoms with Crippen LogP contribution in [0.2, 0.25) is 5.02 Å². The first kappa shape index (κ1) is 16.1. The number of alkyl halides is 3. The van der Waals surface area contributed by atoms with Gasteiger partial charge in [-0.1, -0.05) is 18.0 Å². The molecule has 0 saturated heterocycles. The number of rotatable bonds is 5. The molecule has 0 aromatic carbocycles. The van der Waals surface area contributed by atoms with Gasteiger partial charge in [-0.25, -0.2) is 4.68 Å². The van der Waals surface area contributed by atoms with E-state index in [1.54, 1.807) is 0 Å². The number of hydrogen-bond acceptors (Lipinski definition) is 3. The fraction of sp³-hybridized carbons (Fsp3) is 0.692. The lowest BCUT2D eigenvalue weighted by molar-refractivity contribution is -0.136. The van der Waals surface area contributed by atoms with Crippen LogP contribution in [0.25, 0.3) is 0 Å². The quantitative estimate of drug-likeness (QED) is 0.902. The minimum Gasteiger partial charge on any atom is -0.376 e. The fourth-order valence-electron chi connectivity index (χ4n) is 2.29. The van der Waals surface area contributed by atoms with Crippen molar-refractivity contribution in [1.82, 2.24) is 9.78 Å². The van der Waals surface area contributed by atoms with Gasteiger partial charge < -0.3 is 5.32 Å². The summed E-state index contributed by atoms with van der Waals surface area (Å²) in [7, 11) is 0. The number of hydrogen-bond donors (Lipinski definition) is 1. The number of nitrogens with one attached hydrogen (secondary N) is 1. The smallest absolute Gasteiger partial charge is 0.376 e. The number of anilines is 1. The van der Waals surface area contributed by atoms with Crippen molar-refractivity contribution in [2.24, 2.45) is 5.92 Å². The zero-order valence-corrected chi connectivity index (χ0v) is 12.3. The highest BCUT2D eigenvalue weighted by molar-refractivity contribution is 6.33. The van der Waals surface area contributed by atoms with Gasteiger partial charge in [0.1, 0.15) is 5.69 Å². The summed E-state index contributed by atoms with van der Waals surface area (Å²) in [6, 6.07) is -0.935. The minimum absolute atomic E-state index is 0.0114.